The van der Waals surface area contributed by atoms with Crippen LogP contribution in [-0.2, 0) is 11.3 Å². The van der Waals surface area contributed by atoms with Crippen LogP contribution in [0.3, 0.4) is 0 Å². The van der Waals surface area contributed by atoms with Crippen LogP contribution in [-0.4, -0.2) is 24.0 Å². The van der Waals surface area contributed by atoms with Gasteiger partial charge in [-0.05, 0) is 42.8 Å². The smallest absolute Gasteiger partial charge is 0.225 e. The predicted octanol–water partition coefficient (Wildman–Crippen LogP) is 3.36. The van der Waals surface area contributed by atoms with E-state index in [4.69, 9.17) is 4.74 Å². The molecule has 0 radical (unpaired) electrons. The van der Waals surface area contributed by atoms with Crippen LogP contribution in [0.5, 0.6) is 5.88 Å². The molecule has 0 aliphatic rings. The van der Waals surface area contributed by atoms with Gasteiger partial charge in [-0.15, -0.1) is 0 Å². The van der Waals surface area contributed by atoms with Crippen molar-refractivity contribution in [1.29, 1.82) is 0 Å². The van der Waals surface area contributed by atoms with Crippen molar-refractivity contribution < 1.29 is 9.53 Å². The summed E-state index contributed by atoms with van der Waals surface area (Å²) in [7, 11) is 1.59. The summed E-state index contributed by atoms with van der Waals surface area (Å²) in [5.74, 6) is 0.574. The van der Waals surface area contributed by atoms with Gasteiger partial charge in [0.15, 0.2) is 0 Å². The van der Waals surface area contributed by atoms with Gasteiger partial charge in [0.2, 0.25) is 11.8 Å². The zero-order valence-corrected chi connectivity index (χ0v) is 14.8. The van der Waals surface area contributed by atoms with Crippen molar-refractivity contribution >= 4 is 27.5 Å². The molecule has 1 aromatic carbocycles. The Morgan fingerprint density at radius 2 is 2.04 bits per heavy atom. The molecule has 2 aromatic rings. The van der Waals surface area contributed by atoms with E-state index in [1.165, 1.54) is 0 Å². The lowest BCUT2D eigenvalue weighted by Crippen LogP contribution is -2.30. The highest BCUT2D eigenvalue weighted by Gasteiger charge is 2.09. The Morgan fingerprint density at radius 3 is 2.74 bits per heavy atom. The number of rotatable bonds is 7. The fourth-order valence-electron chi connectivity index (χ4n) is 2.06. The molecule has 6 heteroatoms. The number of pyridine rings is 1. The van der Waals surface area contributed by atoms with Crippen molar-refractivity contribution in [3.63, 3.8) is 0 Å². The van der Waals surface area contributed by atoms with Gasteiger partial charge in [-0.3, -0.25) is 4.79 Å². The number of nitrogens with one attached hydrogen (secondary N) is 2. The zero-order chi connectivity index (χ0) is 16.7. The molecule has 1 amide bonds. The van der Waals surface area contributed by atoms with Gasteiger partial charge in [0, 0.05) is 41.4 Å². The molecule has 1 heterocycles. The van der Waals surface area contributed by atoms with Gasteiger partial charge in [0.1, 0.15) is 0 Å². The molecule has 0 spiro atoms. The second-order valence-electron chi connectivity index (χ2n) is 5.25. The monoisotopic (exact) mass is 377 g/mol. The van der Waals surface area contributed by atoms with Gasteiger partial charge >= 0.3 is 0 Å². The topological polar surface area (TPSA) is 63.2 Å². The summed E-state index contributed by atoms with van der Waals surface area (Å²) in [6, 6.07) is 11.4. The Kier molecular flexibility index (Phi) is 6.55. The molecule has 5 nitrogen and oxygen atoms in total. The first-order valence-electron chi connectivity index (χ1n) is 7.34. The van der Waals surface area contributed by atoms with Gasteiger partial charge in [-0.1, -0.05) is 15.9 Å². The van der Waals surface area contributed by atoms with Gasteiger partial charge in [0.25, 0.3) is 0 Å². The van der Waals surface area contributed by atoms with Crippen LogP contribution in [0.1, 0.15) is 18.9 Å². The van der Waals surface area contributed by atoms with Crippen molar-refractivity contribution in [2.75, 3.05) is 12.4 Å². The Labute approximate surface area is 144 Å². The number of carbonyl (C=O) groups excluding carboxylic acids is 1. The summed E-state index contributed by atoms with van der Waals surface area (Å²) >= 11 is 3.37. The third-order valence-corrected chi connectivity index (χ3v) is 3.81. The molecule has 122 valence electrons. The quantitative estimate of drug-likeness (QED) is 0.776. The number of aromatic nitrogens is 1. The largest absolute Gasteiger partial charge is 0.481 e. The van der Waals surface area contributed by atoms with Crippen LogP contribution >= 0.6 is 15.9 Å². The first kappa shape index (κ1) is 17.4. The lowest BCUT2D eigenvalue weighted by atomic mass is 10.2. The van der Waals surface area contributed by atoms with E-state index in [0.29, 0.717) is 18.8 Å². The van der Waals surface area contributed by atoms with Gasteiger partial charge < -0.3 is 15.4 Å². The molecule has 1 unspecified atom stereocenters. The molecule has 1 aromatic heterocycles. The maximum Gasteiger partial charge on any atom is 0.225 e. The van der Waals surface area contributed by atoms with Crippen LogP contribution in [0.25, 0.3) is 0 Å². The lowest BCUT2D eigenvalue weighted by Gasteiger charge is -2.14. The van der Waals surface area contributed by atoms with E-state index in [1.807, 2.05) is 43.3 Å². The molecule has 23 heavy (non-hydrogen) atoms. The summed E-state index contributed by atoms with van der Waals surface area (Å²) in [5.41, 5.74) is 1.86. The van der Waals surface area contributed by atoms with Crippen LogP contribution in [0.15, 0.2) is 47.1 Å². The first-order valence-corrected chi connectivity index (χ1v) is 8.14. The SMILES string of the molecule is COc1cc(CNC(C)CC(=O)Nc2ccc(Br)cc2)ccn1. The van der Waals surface area contributed by atoms with Crippen molar-refractivity contribution in [2.45, 2.75) is 25.9 Å². The minimum Gasteiger partial charge on any atom is -0.481 e. The number of nitrogens with zero attached hydrogens (tertiary/aromatic N) is 1. The average molecular weight is 378 g/mol. The highest BCUT2D eigenvalue weighted by atomic mass is 79.9. The lowest BCUT2D eigenvalue weighted by molar-refractivity contribution is -0.116. The van der Waals surface area contributed by atoms with Crippen LogP contribution in [0.2, 0.25) is 0 Å². The maximum atomic E-state index is 12.0. The van der Waals surface area contributed by atoms with Crippen LogP contribution < -0.4 is 15.4 Å². The van der Waals surface area contributed by atoms with Gasteiger partial charge in [-0.25, -0.2) is 4.98 Å². The molecule has 0 aliphatic heterocycles. The molecular formula is C17H20BrN3O2. The maximum absolute atomic E-state index is 12.0. The molecule has 0 aliphatic carbocycles. The first-order chi connectivity index (χ1) is 11.1. The summed E-state index contributed by atoms with van der Waals surface area (Å²) in [4.78, 5) is 16.1. The number of hydrogen-bond acceptors (Lipinski definition) is 4. The predicted molar refractivity (Wildman–Crippen MR) is 94.5 cm³/mol. The number of amides is 1. The fraction of sp³-hybridized carbons (Fsp3) is 0.294. The number of ether oxygens (including phenoxy) is 1. The van der Waals surface area contributed by atoms with Crippen molar-refractivity contribution in [3.05, 3.63) is 52.6 Å². The van der Waals surface area contributed by atoms with Gasteiger partial charge in [0.05, 0.1) is 7.11 Å². The molecule has 0 fully saturated rings. The third kappa shape index (κ3) is 6.00. The number of methoxy groups -OCH3 is 1. The van der Waals surface area contributed by atoms with E-state index in [9.17, 15) is 4.79 Å². The van der Waals surface area contributed by atoms with Crippen LogP contribution in [0.4, 0.5) is 5.69 Å². The van der Waals surface area contributed by atoms with E-state index < -0.39 is 0 Å². The van der Waals surface area contributed by atoms with Crippen molar-refractivity contribution in [2.24, 2.45) is 0 Å². The number of halogens is 1. The fourth-order valence-corrected chi connectivity index (χ4v) is 2.32. The summed E-state index contributed by atoms with van der Waals surface area (Å²) in [6.45, 7) is 2.64. The second kappa shape index (κ2) is 8.64. The standard InChI is InChI=1S/C17H20BrN3O2/c1-12(20-11-13-7-8-19-17(10-13)23-2)9-16(22)21-15-5-3-14(18)4-6-15/h3-8,10,12,20H,9,11H2,1-2H3,(H,21,22). The highest BCUT2D eigenvalue weighted by Crippen LogP contribution is 2.14. The van der Waals surface area contributed by atoms with Gasteiger partial charge in [-0.2, -0.15) is 0 Å². The summed E-state index contributed by atoms with van der Waals surface area (Å²) in [6.07, 6.45) is 2.11. The van der Waals surface area contributed by atoms with E-state index in [-0.39, 0.29) is 11.9 Å². The normalized spacial score (nSPS) is 11.8. The number of anilines is 1. The molecular weight excluding hydrogens is 358 g/mol. The van der Waals surface area contributed by atoms with Crippen molar-refractivity contribution in [3.8, 4) is 5.88 Å². The summed E-state index contributed by atoms with van der Waals surface area (Å²) < 4.78 is 6.08. The Morgan fingerprint density at radius 1 is 1.30 bits per heavy atom. The van der Waals surface area contributed by atoms with E-state index in [2.05, 4.69) is 31.5 Å². The summed E-state index contributed by atoms with van der Waals surface area (Å²) in [5, 5.41) is 6.21. The molecule has 0 saturated carbocycles. The van der Waals surface area contributed by atoms with Crippen molar-refractivity contribution in [1.82, 2.24) is 10.3 Å². The Hall–Kier alpha value is -1.92. The van der Waals surface area contributed by atoms with E-state index >= 15 is 0 Å². The molecule has 2 rings (SSSR count). The Bertz CT molecular complexity index is 647. The second-order valence-corrected chi connectivity index (χ2v) is 6.16. The number of carbonyl (C=O) groups is 1. The number of benzene rings is 1. The number of hydrogen-bond donors (Lipinski definition) is 2. The molecule has 1 atom stereocenters. The Balaban J connectivity index is 1.78. The molecule has 0 saturated heterocycles. The highest BCUT2D eigenvalue weighted by molar-refractivity contribution is 9.10. The van der Waals surface area contributed by atoms with E-state index in [0.717, 1.165) is 15.7 Å². The third-order valence-electron chi connectivity index (χ3n) is 3.28. The average Bonchev–Trinajstić information content (AvgIpc) is 2.55. The minimum atomic E-state index is -0.0142. The van der Waals surface area contributed by atoms with E-state index in [1.54, 1.807) is 13.3 Å². The molecule has 0 bridgehead atoms. The minimum absolute atomic E-state index is 0.0142. The molecule has 2 N–H and O–H groups in total. The zero-order valence-electron chi connectivity index (χ0n) is 13.2. The van der Waals surface area contributed by atoms with Crippen LogP contribution in [0, 0.1) is 0 Å².